The van der Waals surface area contributed by atoms with Gasteiger partial charge in [0.1, 0.15) is 0 Å². The van der Waals surface area contributed by atoms with Crippen LogP contribution in [-0.4, -0.2) is 34.1 Å². The van der Waals surface area contributed by atoms with Crippen LogP contribution >= 0.6 is 12.2 Å². The second-order valence-corrected chi connectivity index (χ2v) is 5.20. The minimum Gasteiger partial charge on any atom is -0.331 e. The van der Waals surface area contributed by atoms with Crippen LogP contribution in [0.1, 0.15) is 12.8 Å². The van der Waals surface area contributed by atoms with Crippen LogP contribution in [0, 0.1) is 4.77 Å². The number of aromatic nitrogens is 2. The summed E-state index contributed by atoms with van der Waals surface area (Å²) in [5.41, 5.74) is 2.34. The van der Waals surface area contributed by atoms with E-state index in [2.05, 4.69) is 39.7 Å². The number of rotatable bonds is 4. The van der Waals surface area contributed by atoms with Crippen molar-refractivity contribution in [1.29, 1.82) is 0 Å². The van der Waals surface area contributed by atoms with Crippen molar-refractivity contribution in [3.8, 4) is 0 Å². The predicted octanol–water partition coefficient (Wildman–Crippen LogP) is 2.79. The molecule has 1 aromatic carbocycles. The highest BCUT2D eigenvalue weighted by Crippen LogP contribution is 2.25. The molecule has 17 heavy (non-hydrogen) atoms. The van der Waals surface area contributed by atoms with Gasteiger partial charge in [-0.1, -0.05) is 12.1 Å². The Morgan fingerprint density at radius 1 is 1.41 bits per heavy atom. The molecule has 0 saturated heterocycles. The van der Waals surface area contributed by atoms with E-state index in [9.17, 15) is 0 Å². The molecule has 1 aliphatic carbocycles. The zero-order valence-electron chi connectivity index (χ0n) is 10.0. The van der Waals surface area contributed by atoms with E-state index in [1.807, 2.05) is 6.07 Å². The molecular formula is C13H17N3S. The first-order valence-electron chi connectivity index (χ1n) is 6.13. The number of H-pyrrole nitrogens is 1. The van der Waals surface area contributed by atoms with Gasteiger partial charge in [0.15, 0.2) is 4.77 Å². The highest BCUT2D eigenvalue weighted by Gasteiger charge is 2.25. The molecule has 0 aliphatic heterocycles. The van der Waals surface area contributed by atoms with Crippen molar-refractivity contribution in [3.63, 3.8) is 0 Å². The summed E-state index contributed by atoms with van der Waals surface area (Å²) in [7, 11) is 2.20. The van der Waals surface area contributed by atoms with E-state index < -0.39 is 0 Å². The van der Waals surface area contributed by atoms with Crippen molar-refractivity contribution < 1.29 is 0 Å². The lowest BCUT2D eigenvalue weighted by atomic mass is 10.3. The SMILES string of the molecule is CN(CCn1c(=S)[nH]c2ccccc21)C1CC1. The monoisotopic (exact) mass is 247 g/mol. The lowest BCUT2D eigenvalue weighted by Gasteiger charge is -2.15. The molecule has 1 aromatic heterocycles. The minimum absolute atomic E-state index is 0.814. The second kappa shape index (κ2) is 4.27. The number of benzene rings is 1. The first-order valence-corrected chi connectivity index (χ1v) is 6.54. The molecule has 1 aliphatic rings. The van der Waals surface area contributed by atoms with Gasteiger partial charge < -0.3 is 14.5 Å². The van der Waals surface area contributed by atoms with E-state index in [0.29, 0.717) is 0 Å². The molecule has 1 fully saturated rings. The number of para-hydroxylation sites is 2. The van der Waals surface area contributed by atoms with Crippen molar-refractivity contribution >= 4 is 23.3 Å². The van der Waals surface area contributed by atoms with Crippen LogP contribution in [0.15, 0.2) is 24.3 Å². The predicted molar refractivity (Wildman–Crippen MR) is 72.8 cm³/mol. The van der Waals surface area contributed by atoms with E-state index in [0.717, 1.165) is 29.4 Å². The molecule has 0 radical (unpaired) electrons. The van der Waals surface area contributed by atoms with Gasteiger partial charge in [-0.3, -0.25) is 0 Å². The summed E-state index contributed by atoms with van der Waals surface area (Å²) in [5.74, 6) is 0. The molecule has 3 rings (SSSR count). The summed E-state index contributed by atoms with van der Waals surface area (Å²) >= 11 is 5.38. The largest absolute Gasteiger partial charge is 0.331 e. The first kappa shape index (κ1) is 11.0. The average molecular weight is 247 g/mol. The minimum atomic E-state index is 0.814. The summed E-state index contributed by atoms with van der Waals surface area (Å²) in [6.07, 6.45) is 2.71. The number of hydrogen-bond acceptors (Lipinski definition) is 2. The Labute approximate surface area is 106 Å². The lowest BCUT2D eigenvalue weighted by Crippen LogP contribution is -2.25. The molecule has 0 unspecified atom stereocenters. The van der Waals surface area contributed by atoms with E-state index in [-0.39, 0.29) is 0 Å². The summed E-state index contributed by atoms with van der Waals surface area (Å²) in [5, 5.41) is 0. The zero-order valence-corrected chi connectivity index (χ0v) is 10.8. The third-order valence-corrected chi connectivity index (χ3v) is 3.85. The number of imidazole rings is 1. The summed E-state index contributed by atoms with van der Waals surface area (Å²) in [4.78, 5) is 5.69. The fraction of sp³-hybridized carbons (Fsp3) is 0.462. The number of likely N-dealkylation sites (N-methyl/N-ethyl adjacent to an activating group) is 1. The van der Waals surface area contributed by atoms with Gasteiger partial charge in [-0.2, -0.15) is 0 Å². The average Bonchev–Trinajstić information content (AvgIpc) is 3.11. The molecule has 0 atom stereocenters. The molecule has 1 heterocycles. The Hall–Kier alpha value is -1.13. The Kier molecular flexibility index (Phi) is 2.76. The summed E-state index contributed by atoms with van der Waals surface area (Å²) in [6.45, 7) is 2.04. The van der Waals surface area contributed by atoms with Gasteiger partial charge in [0.2, 0.25) is 0 Å². The van der Waals surface area contributed by atoms with Crippen LogP contribution in [0.5, 0.6) is 0 Å². The molecule has 0 amide bonds. The van der Waals surface area contributed by atoms with E-state index >= 15 is 0 Å². The van der Waals surface area contributed by atoms with Crippen LogP contribution in [0.4, 0.5) is 0 Å². The first-order chi connectivity index (χ1) is 8.25. The van der Waals surface area contributed by atoms with Gasteiger partial charge in [-0.25, -0.2) is 0 Å². The topological polar surface area (TPSA) is 24.0 Å². The number of hydrogen-bond donors (Lipinski definition) is 1. The van der Waals surface area contributed by atoms with Crippen LogP contribution in [0.25, 0.3) is 11.0 Å². The van der Waals surface area contributed by atoms with Crippen LogP contribution in [0.2, 0.25) is 0 Å². The molecule has 0 spiro atoms. The third-order valence-electron chi connectivity index (χ3n) is 3.53. The quantitative estimate of drug-likeness (QED) is 0.840. The Morgan fingerprint density at radius 3 is 2.94 bits per heavy atom. The molecular weight excluding hydrogens is 230 g/mol. The maximum Gasteiger partial charge on any atom is 0.178 e. The van der Waals surface area contributed by atoms with Gasteiger partial charge >= 0.3 is 0 Å². The van der Waals surface area contributed by atoms with Crippen molar-refractivity contribution in [3.05, 3.63) is 29.0 Å². The van der Waals surface area contributed by atoms with E-state index in [1.54, 1.807) is 0 Å². The van der Waals surface area contributed by atoms with E-state index in [4.69, 9.17) is 12.2 Å². The highest BCUT2D eigenvalue weighted by atomic mass is 32.1. The Morgan fingerprint density at radius 2 is 2.18 bits per heavy atom. The van der Waals surface area contributed by atoms with Crippen molar-refractivity contribution in [2.75, 3.05) is 13.6 Å². The smallest absolute Gasteiger partial charge is 0.178 e. The second-order valence-electron chi connectivity index (χ2n) is 4.81. The maximum absolute atomic E-state index is 5.38. The molecule has 90 valence electrons. The van der Waals surface area contributed by atoms with Gasteiger partial charge in [-0.05, 0) is 44.2 Å². The normalized spacial score (nSPS) is 15.9. The van der Waals surface area contributed by atoms with Crippen LogP contribution in [-0.2, 0) is 6.54 Å². The number of nitrogens with zero attached hydrogens (tertiary/aromatic N) is 2. The molecule has 4 heteroatoms. The summed E-state index contributed by atoms with van der Waals surface area (Å²) < 4.78 is 3.03. The number of aromatic amines is 1. The highest BCUT2D eigenvalue weighted by molar-refractivity contribution is 7.71. The van der Waals surface area contributed by atoms with Gasteiger partial charge in [0.05, 0.1) is 11.0 Å². The van der Waals surface area contributed by atoms with Crippen molar-refractivity contribution in [2.45, 2.75) is 25.4 Å². The molecule has 3 nitrogen and oxygen atoms in total. The van der Waals surface area contributed by atoms with E-state index in [1.165, 1.54) is 18.4 Å². The zero-order chi connectivity index (χ0) is 11.8. The number of fused-ring (bicyclic) bond motifs is 1. The van der Waals surface area contributed by atoms with Gasteiger partial charge in [0.25, 0.3) is 0 Å². The van der Waals surface area contributed by atoms with Gasteiger partial charge in [0, 0.05) is 19.1 Å². The fourth-order valence-corrected chi connectivity index (χ4v) is 2.58. The Bertz CT molecular complexity index is 580. The Balaban J connectivity index is 1.83. The molecule has 2 aromatic rings. The van der Waals surface area contributed by atoms with Gasteiger partial charge in [-0.15, -0.1) is 0 Å². The maximum atomic E-state index is 5.38. The van der Waals surface area contributed by atoms with Crippen molar-refractivity contribution in [2.24, 2.45) is 0 Å². The van der Waals surface area contributed by atoms with Crippen molar-refractivity contribution in [1.82, 2.24) is 14.5 Å². The number of nitrogens with one attached hydrogen (secondary N) is 1. The van der Waals surface area contributed by atoms with Crippen LogP contribution in [0.3, 0.4) is 0 Å². The molecule has 1 saturated carbocycles. The lowest BCUT2D eigenvalue weighted by molar-refractivity contribution is 0.310. The third kappa shape index (κ3) is 2.15. The standard InChI is InChI=1S/C13H17N3S/c1-15(10-6-7-10)8-9-16-12-5-3-2-4-11(12)14-13(16)17/h2-5,10H,6-9H2,1H3,(H,14,17). The summed E-state index contributed by atoms with van der Waals surface area (Å²) in [6, 6.07) is 9.11. The molecule has 0 bridgehead atoms. The fourth-order valence-electron chi connectivity index (χ4n) is 2.28. The van der Waals surface area contributed by atoms with Crippen LogP contribution < -0.4 is 0 Å². The molecule has 1 N–H and O–H groups in total.